The Morgan fingerprint density at radius 2 is 1.77 bits per heavy atom. The Hall–Kier alpha value is -1.23. The molecule has 1 nitrogen and oxygen atoms in total. The molecule has 4 heteroatoms. The van der Waals surface area contributed by atoms with Gasteiger partial charge in [-0.1, -0.05) is 0 Å². The molecule has 0 spiro atoms. The van der Waals surface area contributed by atoms with Crippen molar-refractivity contribution in [2.24, 2.45) is 5.92 Å². The third-order valence-corrected chi connectivity index (χ3v) is 7.97. The zero-order valence-corrected chi connectivity index (χ0v) is 16.0. The van der Waals surface area contributed by atoms with Crippen LogP contribution in [-0.2, 0) is 6.42 Å². The van der Waals surface area contributed by atoms with E-state index in [1.54, 1.807) is 0 Å². The van der Waals surface area contributed by atoms with Gasteiger partial charge in [-0.05, 0) is 0 Å². The van der Waals surface area contributed by atoms with E-state index in [1.807, 2.05) is 12.3 Å². The van der Waals surface area contributed by atoms with E-state index < -0.39 is 24.9 Å². The van der Waals surface area contributed by atoms with Crippen molar-refractivity contribution >= 4 is 17.7 Å². The Bertz CT molecular complexity index is 675. The Morgan fingerprint density at radius 3 is 2.32 bits per heavy atom. The zero-order chi connectivity index (χ0) is 16.5. The molecule has 0 N–H and O–H groups in total. The molecular formula is C18H23F2GeN. The Kier molecular flexibility index (Phi) is 5.05. The molecule has 0 fully saturated rings. The van der Waals surface area contributed by atoms with Crippen molar-refractivity contribution in [2.75, 3.05) is 0 Å². The van der Waals surface area contributed by atoms with Gasteiger partial charge in [-0.15, -0.1) is 0 Å². The maximum atomic E-state index is 14.0. The molecule has 0 aliphatic rings. The van der Waals surface area contributed by atoms with Crippen molar-refractivity contribution < 1.29 is 8.78 Å². The molecule has 0 saturated heterocycles. The molecule has 118 valence electrons. The number of nitrogens with zero attached hydrogens (tertiary/aromatic N) is 1. The van der Waals surface area contributed by atoms with E-state index in [1.165, 1.54) is 22.1 Å². The van der Waals surface area contributed by atoms with Gasteiger partial charge in [0, 0.05) is 0 Å². The summed E-state index contributed by atoms with van der Waals surface area (Å²) in [5.74, 6) is 6.39. The number of hydrogen-bond donors (Lipinski definition) is 0. The van der Waals surface area contributed by atoms with Crippen molar-refractivity contribution in [1.82, 2.24) is 4.98 Å². The van der Waals surface area contributed by atoms with Crippen molar-refractivity contribution in [3.8, 4) is 11.3 Å². The quantitative estimate of drug-likeness (QED) is 0.713. The van der Waals surface area contributed by atoms with Gasteiger partial charge in [-0.2, -0.15) is 0 Å². The molecule has 1 aromatic carbocycles. The van der Waals surface area contributed by atoms with Crippen LogP contribution in [0.25, 0.3) is 11.3 Å². The second-order valence-corrected chi connectivity index (χ2v) is 17.8. The van der Waals surface area contributed by atoms with E-state index in [0.29, 0.717) is 17.2 Å². The third kappa shape index (κ3) is 3.94. The van der Waals surface area contributed by atoms with E-state index in [0.717, 1.165) is 12.5 Å². The zero-order valence-electron chi connectivity index (χ0n) is 13.9. The van der Waals surface area contributed by atoms with Gasteiger partial charge in [0.1, 0.15) is 0 Å². The van der Waals surface area contributed by atoms with Gasteiger partial charge in [0.05, 0.1) is 0 Å². The molecule has 0 radical (unpaired) electrons. The summed E-state index contributed by atoms with van der Waals surface area (Å²) >= 11 is -2.03. The second-order valence-electron chi connectivity index (χ2n) is 7.20. The fraction of sp³-hybridized carbons (Fsp3) is 0.389. The molecule has 0 bridgehead atoms. The Balaban J connectivity index is 2.55. The molecular weight excluding hydrogens is 341 g/mol. The monoisotopic (exact) mass is 365 g/mol. The fourth-order valence-electron chi connectivity index (χ4n) is 2.63. The van der Waals surface area contributed by atoms with Gasteiger partial charge in [0.15, 0.2) is 0 Å². The van der Waals surface area contributed by atoms with Crippen LogP contribution in [0.5, 0.6) is 0 Å². The van der Waals surface area contributed by atoms with Crippen LogP contribution in [0.1, 0.15) is 19.4 Å². The summed E-state index contributed by atoms with van der Waals surface area (Å²) < 4.78 is 28.4. The summed E-state index contributed by atoms with van der Waals surface area (Å²) in [6.07, 6.45) is 2.87. The van der Waals surface area contributed by atoms with E-state index in [-0.39, 0.29) is 0 Å². The molecule has 22 heavy (non-hydrogen) atoms. The van der Waals surface area contributed by atoms with Crippen LogP contribution in [0.15, 0.2) is 30.5 Å². The molecule has 0 aliphatic heterocycles. The van der Waals surface area contributed by atoms with Crippen molar-refractivity contribution in [1.29, 1.82) is 0 Å². The molecule has 0 saturated carbocycles. The first-order valence-electron chi connectivity index (χ1n) is 7.63. The normalized spacial score (nSPS) is 12.0. The van der Waals surface area contributed by atoms with Crippen LogP contribution in [-0.4, -0.2) is 18.3 Å². The van der Waals surface area contributed by atoms with Gasteiger partial charge in [0.25, 0.3) is 0 Å². The molecule has 2 aromatic rings. The standard InChI is InChI=1S/C18H23F2GeN/c1-12(2)8-13-9-18(22-11-17(13)21(3,4)5)15-7-6-14(19)10-16(15)20/h6-7,9-12H,8H2,1-5H3. The van der Waals surface area contributed by atoms with Gasteiger partial charge >= 0.3 is 134 Å². The van der Waals surface area contributed by atoms with Crippen molar-refractivity contribution in [3.63, 3.8) is 0 Å². The van der Waals surface area contributed by atoms with Crippen LogP contribution in [0.2, 0.25) is 17.3 Å². The number of rotatable bonds is 4. The van der Waals surface area contributed by atoms with Crippen LogP contribution in [0.4, 0.5) is 8.78 Å². The number of hydrogen-bond acceptors (Lipinski definition) is 1. The van der Waals surface area contributed by atoms with E-state index in [2.05, 4.69) is 36.1 Å². The summed E-state index contributed by atoms with van der Waals surface area (Å²) in [6, 6.07) is 5.64. The molecule has 0 aliphatic carbocycles. The minimum absolute atomic E-state index is 0.361. The summed E-state index contributed by atoms with van der Waals surface area (Å²) in [7, 11) is 0. The van der Waals surface area contributed by atoms with Crippen molar-refractivity contribution in [3.05, 3.63) is 47.7 Å². The second kappa shape index (κ2) is 6.49. The summed E-state index contributed by atoms with van der Waals surface area (Å²) in [6.45, 7) is 4.36. The van der Waals surface area contributed by atoms with E-state index >= 15 is 0 Å². The Labute approximate surface area is 134 Å². The molecule has 0 unspecified atom stereocenters. The van der Waals surface area contributed by atoms with Crippen LogP contribution >= 0.6 is 0 Å². The van der Waals surface area contributed by atoms with E-state index in [9.17, 15) is 8.78 Å². The summed E-state index contributed by atoms with van der Waals surface area (Å²) in [5, 5.41) is 0. The topological polar surface area (TPSA) is 12.9 Å². The molecule has 0 amide bonds. The number of benzene rings is 1. The molecule has 0 atom stereocenters. The maximum absolute atomic E-state index is 14.0. The Morgan fingerprint density at radius 1 is 1.09 bits per heavy atom. The first kappa shape index (κ1) is 17.1. The first-order valence-corrected chi connectivity index (χ1v) is 15.0. The van der Waals surface area contributed by atoms with Crippen molar-refractivity contribution in [2.45, 2.75) is 37.5 Å². The van der Waals surface area contributed by atoms with Gasteiger partial charge in [-0.3, -0.25) is 0 Å². The predicted octanol–water partition coefficient (Wildman–Crippen LogP) is 4.77. The van der Waals surface area contributed by atoms with Crippen LogP contribution in [0, 0.1) is 17.6 Å². The molecule has 1 aromatic heterocycles. The first-order chi connectivity index (χ1) is 10.2. The summed E-state index contributed by atoms with van der Waals surface area (Å²) in [5.41, 5.74) is 2.21. The predicted molar refractivity (Wildman–Crippen MR) is 91.1 cm³/mol. The molecule has 2 rings (SSSR count). The third-order valence-electron chi connectivity index (χ3n) is 3.63. The molecule has 1 heterocycles. The average Bonchev–Trinajstić information content (AvgIpc) is 2.36. The fourth-order valence-corrected chi connectivity index (χ4v) is 5.96. The number of aromatic nitrogens is 1. The van der Waals surface area contributed by atoms with Crippen LogP contribution in [0.3, 0.4) is 0 Å². The summed E-state index contributed by atoms with van der Waals surface area (Å²) in [4.78, 5) is 4.46. The van der Waals surface area contributed by atoms with Gasteiger partial charge in [-0.25, -0.2) is 0 Å². The number of halogens is 2. The average molecular weight is 364 g/mol. The van der Waals surface area contributed by atoms with Crippen LogP contribution < -0.4 is 4.40 Å². The van der Waals surface area contributed by atoms with E-state index in [4.69, 9.17) is 0 Å². The number of pyridine rings is 1. The minimum atomic E-state index is -2.03. The van der Waals surface area contributed by atoms with Gasteiger partial charge < -0.3 is 0 Å². The van der Waals surface area contributed by atoms with Gasteiger partial charge in [0.2, 0.25) is 0 Å². The SMILES string of the molecule is CC(C)Cc1cc(-c2ccc(F)cc2F)nc[c]1[Ge]([CH3])([CH3])[CH3].